The number of benzene rings is 1. The molecule has 0 spiro atoms. The lowest BCUT2D eigenvalue weighted by Gasteiger charge is -2.38. The first-order chi connectivity index (χ1) is 9.33. The molecule has 3 rings (SSSR count). The van der Waals surface area contributed by atoms with E-state index in [1.807, 2.05) is 0 Å². The van der Waals surface area contributed by atoms with Crippen molar-refractivity contribution < 1.29 is 4.74 Å². The Labute approximate surface area is 116 Å². The van der Waals surface area contributed by atoms with E-state index < -0.39 is 0 Å². The summed E-state index contributed by atoms with van der Waals surface area (Å²) in [5.74, 6) is 2.32. The third-order valence-corrected chi connectivity index (χ3v) is 4.48. The van der Waals surface area contributed by atoms with E-state index in [9.17, 15) is 0 Å². The Balaban J connectivity index is 1.92. The summed E-state index contributed by atoms with van der Waals surface area (Å²) in [6.07, 6.45) is 4.72. The predicted octanol–water partition coefficient (Wildman–Crippen LogP) is 3.77. The molecule has 0 saturated heterocycles. The van der Waals surface area contributed by atoms with E-state index in [4.69, 9.17) is 4.74 Å². The van der Waals surface area contributed by atoms with Crippen LogP contribution in [0.3, 0.4) is 0 Å². The first-order valence-electron chi connectivity index (χ1n) is 7.55. The molecular formula is C17H23NO. The molecule has 1 aliphatic heterocycles. The molecule has 19 heavy (non-hydrogen) atoms. The van der Waals surface area contributed by atoms with Gasteiger partial charge in [-0.05, 0) is 43.1 Å². The van der Waals surface area contributed by atoms with Crippen molar-refractivity contribution in [3.05, 3.63) is 41.2 Å². The van der Waals surface area contributed by atoms with Crippen LogP contribution in [0.2, 0.25) is 0 Å². The van der Waals surface area contributed by atoms with Crippen LogP contribution in [0.4, 0.5) is 0 Å². The molecule has 1 aromatic rings. The maximum atomic E-state index is 6.16. The Morgan fingerprint density at radius 2 is 2.00 bits per heavy atom. The Morgan fingerprint density at radius 1 is 1.21 bits per heavy atom. The number of hydrogen-bond acceptors (Lipinski definition) is 2. The highest BCUT2D eigenvalue weighted by atomic mass is 16.5. The summed E-state index contributed by atoms with van der Waals surface area (Å²) in [6, 6.07) is 9.07. The zero-order valence-corrected chi connectivity index (χ0v) is 12.0. The highest BCUT2D eigenvalue weighted by molar-refractivity contribution is 5.43. The van der Waals surface area contributed by atoms with Crippen LogP contribution < -0.4 is 4.74 Å². The van der Waals surface area contributed by atoms with Gasteiger partial charge < -0.3 is 4.74 Å². The molecule has 0 bridgehead atoms. The van der Waals surface area contributed by atoms with Gasteiger partial charge >= 0.3 is 0 Å². The Hall–Kier alpha value is -1.28. The van der Waals surface area contributed by atoms with Crippen molar-refractivity contribution in [2.24, 2.45) is 0 Å². The fourth-order valence-corrected chi connectivity index (χ4v) is 3.46. The maximum absolute atomic E-state index is 6.16. The topological polar surface area (TPSA) is 12.5 Å². The van der Waals surface area contributed by atoms with E-state index in [0.29, 0.717) is 6.04 Å². The Bertz CT molecular complexity index is 488. The van der Waals surface area contributed by atoms with Crippen LogP contribution in [-0.2, 0) is 6.42 Å². The van der Waals surface area contributed by atoms with Crippen LogP contribution >= 0.6 is 0 Å². The summed E-state index contributed by atoms with van der Waals surface area (Å²) in [5, 5.41) is 0. The Morgan fingerprint density at radius 3 is 2.79 bits per heavy atom. The molecule has 0 N–H and O–H groups in total. The Kier molecular flexibility index (Phi) is 3.61. The van der Waals surface area contributed by atoms with E-state index in [-0.39, 0.29) is 0 Å². The summed E-state index contributed by atoms with van der Waals surface area (Å²) in [7, 11) is 0. The van der Waals surface area contributed by atoms with Gasteiger partial charge in [-0.2, -0.15) is 0 Å². The molecular weight excluding hydrogens is 234 g/mol. The molecule has 2 aliphatic rings. The second kappa shape index (κ2) is 5.38. The number of allylic oxidation sites excluding steroid dienone is 1. The number of ether oxygens (including phenoxy) is 1. The first kappa shape index (κ1) is 12.7. The molecule has 2 heteroatoms. The third kappa shape index (κ3) is 2.30. The fourth-order valence-electron chi connectivity index (χ4n) is 3.46. The first-order valence-corrected chi connectivity index (χ1v) is 7.55. The van der Waals surface area contributed by atoms with Gasteiger partial charge in [-0.3, -0.25) is 4.90 Å². The summed E-state index contributed by atoms with van der Waals surface area (Å²) < 4.78 is 6.16. The zero-order chi connectivity index (χ0) is 13.2. The van der Waals surface area contributed by atoms with E-state index in [1.165, 1.54) is 29.7 Å². The highest BCUT2D eigenvalue weighted by Gasteiger charge is 2.31. The average Bonchev–Trinajstić information content (AvgIpc) is 2.46. The lowest BCUT2D eigenvalue weighted by molar-refractivity contribution is 0.203. The van der Waals surface area contributed by atoms with E-state index >= 15 is 0 Å². The lowest BCUT2D eigenvalue weighted by Crippen LogP contribution is -2.40. The van der Waals surface area contributed by atoms with Gasteiger partial charge in [0.1, 0.15) is 11.5 Å². The monoisotopic (exact) mass is 257 g/mol. The minimum Gasteiger partial charge on any atom is -0.461 e. The number of rotatable bonds is 3. The quantitative estimate of drug-likeness (QED) is 0.817. The standard InChI is InChI=1S/C17H23NO/c1-3-18(4-2)15-9-7-11-17-14(15)12-13-8-5-6-10-16(13)19-17/h5-6,8,10,15H,3-4,7,9,11-12H2,1-2H3. The van der Waals surface area contributed by atoms with Crippen LogP contribution in [0.5, 0.6) is 5.75 Å². The second-order valence-corrected chi connectivity index (χ2v) is 5.46. The van der Waals surface area contributed by atoms with Gasteiger partial charge in [0.05, 0.1) is 0 Å². The van der Waals surface area contributed by atoms with Crippen LogP contribution in [0.15, 0.2) is 35.6 Å². The summed E-state index contributed by atoms with van der Waals surface area (Å²) in [6.45, 7) is 6.77. The maximum Gasteiger partial charge on any atom is 0.130 e. The average molecular weight is 257 g/mol. The lowest BCUT2D eigenvalue weighted by atomic mass is 9.85. The molecule has 1 aromatic carbocycles. The fraction of sp³-hybridized carbons (Fsp3) is 0.529. The van der Waals surface area contributed by atoms with Gasteiger partial charge in [0, 0.05) is 18.9 Å². The third-order valence-electron chi connectivity index (χ3n) is 4.48. The van der Waals surface area contributed by atoms with E-state index in [1.54, 1.807) is 0 Å². The minimum atomic E-state index is 0.590. The SMILES string of the molecule is CCN(CC)C1CCCC2=C1Cc1ccccc1O2. The summed E-state index contributed by atoms with van der Waals surface area (Å²) in [5.41, 5.74) is 2.88. The van der Waals surface area contributed by atoms with Gasteiger partial charge in [-0.15, -0.1) is 0 Å². The van der Waals surface area contributed by atoms with Gasteiger partial charge in [0.2, 0.25) is 0 Å². The zero-order valence-electron chi connectivity index (χ0n) is 12.0. The highest BCUT2D eigenvalue weighted by Crippen LogP contribution is 2.38. The van der Waals surface area contributed by atoms with Gasteiger partial charge in [-0.25, -0.2) is 0 Å². The molecule has 0 aromatic heterocycles. The molecule has 1 unspecified atom stereocenters. The van der Waals surface area contributed by atoms with Gasteiger partial charge in [0.15, 0.2) is 0 Å². The smallest absolute Gasteiger partial charge is 0.130 e. The van der Waals surface area contributed by atoms with Crippen molar-refractivity contribution in [1.29, 1.82) is 0 Å². The summed E-state index contributed by atoms with van der Waals surface area (Å²) in [4.78, 5) is 2.58. The van der Waals surface area contributed by atoms with Crippen molar-refractivity contribution in [3.63, 3.8) is 0 Å². The minimum absolute atomic E-state index is 0.590. The number of likely N-dealkylation sites (N-methyl/N-ethyl adjacent to an activating group) is 1. The molecule has 1 atom stereocenters. The second-order valence-electron chi connectivity index (χ2n) is 5.46. The molecule has 1 aliphatic carbocycles. The largest absolute Gasteiger partial charge is 0.461 e. The molecule has 1 heterocycles. The van der Waals surface area contributed by atoms with Crippen LogP contribution in [0.1, 0.15) is 38.7 Å². The van der Waals surface area contributed by atoms with Crippen molar-refractivity contribution in [1.82, 2.24) is 4.90 Å². The van der Waals surface area contributed by atoms with Crippen molar-refractivity contribution >= 4 is 0 Å². The van der Waals surface area contributed by atoms with Gasteiger partial charge in [-0.1, -0.05) is 32.0 Å². The van der Waals surface area contributed by atoms with Crippen LogP contribution in [0, 0.1) is 0 Å². The molecule has 0 fully saturated rings. The number of para-hydroxylation sites is 1. The number of nitrogens with zero attached hydrogens (tertiary/aromatic N) is 1. The normalized spacial score (nSPS) is 21.9. The van der Waals surface area contributed by atoms with Crippen molar-refractivity contribution in [2.45, 2.75) is 45.6 Å². The van der Waals surface area contributed by atoms with Crippen LogP contribution in [-0.4, -0.2) is 24.0 Å². The van der Waals surface area contributed by atoms with Crippen molar-refractivity contribution in [2.75, 3.05) is 13.1 Å². The van der Waals surface area contributed by atoms with Crippen molar-refractivity contribution in [3.8, 4) is 5.75 Å². The molecule has 0 saturated carbocycles. The molecule has 0 amide bonds. The number of hydrogen-bond donors (Lipinski definition) is 0. The molecule has 2 nitrogen and oxygen atoms in total. The summed E-state index contributed by atoms with van der Waals surface area (Å²) >= 11 is 0. The molecule has 102 valence electrons. The van der Waals surface area contributed by atoms with Gasteiger partial charge in [0.25, 0.3) is 0 Å². The molecule has 0 radical (unpaired) electrons. The van der Waals surface area contributed by atoms with E-state index in [2.05, 4.69) is 43.0 Å². The number of fused-ring (bicyclic) bond motifs is 1. The van der Waals surface area contributed by atoms with Crippen LogP contribution in [0.25, 0.3) is 0 Å². The predicted molar refractivity (Wildman–Crippen MR) is 78.4 cm³/mol. The van der Waals surface area contributed by atoms with E-state index in [0.717, 1.165) is 31.7 Å².